The van der Waals surface area contributed by atoms with Crippen molar-refractivity contribution in [2.45, 2.75) is 6.92 Å². The van der Waals surface area contributed by atoms with Crippen LogP contribution in [0.5, 0.6) is 0 Å². The molecule has 1 N–H and O–H groups in total. The summed E-state index contributed by atoms with van der Waals surface area (Å²) in [6, 6.07) is 10.5. The van der Waals surface area contributed by atoms with Gasteiger partial charge in [0.15, 0.2) is 0 Å². The zero-order valence-electron chi connectivity index (χ0n) is 8.26. The molecule has 0 radical (unpaired) electrons. The molecular formula is C12H12BrN. The van der Waals surface area contributed by atoms with Crippen LogP contribution in [0.15, 0.2) is 34.8 Å². The van der Waals surface area contributed by atoms with Gasteiger partial charge >= 0.3 is 0 Å². The molecule has 0 bridgehead atoms. The maximum atomic E-state index is 3.57. The van der Waals surface area contributed by atoms with Gasteiger partial charge < -0.3 is 5.32 Å². The van der Waals surface area contributed by atoms with Gasteiger partial charge in [0.2, 0.25) is 0 Å². The lowest BCUT2D eigenvalue weighted by Crippen LogP contribution is -1.91. The van der Waals surface area contributed by atoms with Gasteiger partial charge in [-0.15, -0.1) is 0 Å². The molecular weight excluding hydrogens is 238 g/mol. The maximum absolute atomic E-state index is 3.57. The highest BCUT2D eigenvalue weighted by Crippen LogP contribution is 2.31. The lowest BCUT2D eigenvalue weighted by molar-refractivity contribution is 1.45. The number of rotatable bonds is 1. The van der Waals surface area contributed by atoms with Crippen LogP contribution in [-0.4, -0.2) is 7.05 Å². The molecule has 14 heavy (non-hydrogen) atoms. The van der Waals surface area contributed by atoms with Gasteiger partial charge in [-0.1, -0.05) is 40.2 Å². The summed E-state index contributed by atoms with van der Waals surface area (Å²) >= 11 is 3.57. The van der Waals surface area contributed by atoms with Crippen LogP contribution in [0.4, 0.5) is 5.69 Å². The van der Waals surface area contributed by atoms with Gasteiger partial charge in [-0.05, 0) is 23.9 Å². The Labute approximate surface area is 92.3 Å². The molecule has 2 heteroatoms. The standard InChI is InChI=1S/C12H12BrN/c1-8-9-5-3-4-6-10(9)12(14-2)7-11(8)13/h3-7,14H,1-2H3. The molecule has 0 aliphatic carbocycles. The second-order valence-electron chi connectivity index (χ2n) is 3.33. The predicted molar refractivity (Wildman–Crippen MR) is 65.9 cm³/mol. The third-order valence-electron chi connectivity index (χ3n) is 2.52. The highest BCUT2D eigenvalue weighted by molar-refractivity contribution is 9.10. The number of hydrogen-bond acceptors (Lipinski definition) is 1. The molecule has 1 nitrogen and oxygen atoms in total. The molecule has 0 unspecified atom stereocenters. The number of anilines is 1. The first kappa shape index (κ1) is 9.53. The molecule has 0 saturated heterocycles. The van der Waals surface area contributed by atoms with Crippen LogP contribution in [0.25, 0.3) is 10.8 Å². The zero-order chi connectivity index (χ0) is 10.1. The molecule has 0 amide bonds. The molecule has 0 aliphatic heterocycles. The molecule has 0 aromatic heterocycles. The number of nitrogens with one attached hydrogen (secondary N) is 1. The molecule has 0 fully saturated rings. The number of benzene rings is 2. The summed E-state index contributed by atoms with van der Waals surface area (Å²) in [4.78, 5) is 0. The minimum atomic E-state index is 1.15. The molecule has 2 aromatic rings. The van der Waals surface area contributed by atoms with E-state index in [0.717, 1.165) is 10.2 Å². The Kier molecular flexibility index (Phi) is 2.46. The monoisotopic (exact) mass is 249 g/mol. The molecule has 72 valence electrons. The van der Waals surface area contributed by atoms with Gasteiger partial charge in [0.1, 0.15) is 0 Å². The quantitative estimate of drug-likeness (QED) is 0.807. The van der Waals surface area contributed by atoms with E-state index < -0.39 is 0 Å². The van der Waals surface area contributed by atoms with Crippen LogP contribution >= 0.6 is 15.9 Å². The van der Waals surface area contributed by atoms with Gasteiger partial charge in [0.25, 0.3) is 0 Å². The smallest absolute Gasteiger partial charge is 0.0428 e. The fraction of sp³-hybridized carbons (Fsp3) is 0.167. The van der Waals surface area contributed by atoms with Crippen molar-refractivity contribution in [3.8, 4) is 0 Å². The van der Waals surface area contributed by atoms with Crippen molar-refractivity contribution < 1.29 is 0 Å². The summed E-state index contributed by atoms with van der Waals surface area (Å²) in [5, 5.41) is 5.78. The minimum absolute atomic E-state index is 1.15. The van der Waals surface area contributed by atoms with Crippen molar-refractivity contribution >= 4 is 32.4 Å². The Morgan fingerprint density at radius 3 is 2.43 bits per heavy atom. The molecule has 0 atom stereocenters. The summed E-state index contributed by atoms with van der Waals surface area (Å²) < 4.78 is 1.15. The largest absolute Gasteiger partial charge is 0.388 e. The third-order valence-corrected chi connectivity index (χ3v) is 3.34. The Morgan fingerprint density at radius 2 is 1.79 bits per heavy atom. The minimum Gasteiger partial charge on any atom is -0.388 e. The Bertz CT molecular complexity index is 477. The lowest BCUT2D eigenvalue weighted by Gasteiger charge is -2.10. The Balaban J connectivity index is 2.89. The number of aryl methyl sites for hydroxylation is 1. The van der Waals surface area contributed by atoms with Crippen LogP contribution in [-0.2, 0) is 0 Å². The molecule has 0 aliphatic rings. The average molecular weight is 250 g/mol. The van der Waals surface area contributed by atoms with Crippen molar-refractivity contribution in [3.05, 3.63) is 40.4 Å². The van der Waals surface area contributed by atoms with Crippen molar-refractivity contribution in [1.82, 2.24) is 0 Å². The second kappa shape index (κ2) is 3.62. The summed E-state index contributed by atoms with van der Waals surface area (Å²) in [5.74, 6) is 0. The average Bonchev–Trinajstić information content (AvgIpc) is 2.23. The van der Waals surface area contributed by atoms with E-state index in [9.17, 15) is 0 Å². The van der Waals surface area contributed by atoms with E-state index in [1.54, 1.807) is 0 Å². The summed E-state index contributed by atoms with van der Waals surface area (Å²) in [5.41, 5.74) is 2.46. The maximum Gasteiger partial charge on any atom is 0.0428 e. The summed E-state index contributed by atoms with van der Waals surface area (Å²) in [7, 11) is 1.95. The van der Waals surface area contributed by atoms with E-state index in [-0.39, 0.29) is 0 Å². The SMILES string of the molecule is CNc1cc(Br)c(C)c2ccccc12. The number of fused-ring (bicyclic) bond motifs is 1. The van der Waals surface area contributed by atoms with Crippen molar-refractivity contribution in [1.29, 1.82) is 0 Å². The highest BCUT2D eigenvalue weighted by atomic mass is 79.9. The van der Waals surface area contributed by atoms with Crippen molar-refractivity contribution in [2.24, 2.45) is 0 Å². The van der Waals surface area contributed by atoms with Crippen LogP contribution in [0.2, 0.25) is 0 Å². The van der Waals surface area contributed by atoms with Crippen LogP contribution in [0, 0.1) is 6.92 Å². The molecule has 2 aromatic carbocycles. The van der Waals surface area contributed by atoms with E-state index in [1.807, 2.05) is 7.05 Å². The molecule has 2 rings (SSSR count). The zero-order valence-corrected chi connectivity index (χ0v) is 9.85. The van der Waals surface area contributed by atoms with Crippen molar-refractivity contribution in [3.63, 3.8) is 0 Å². The van der Waals surface area contributed by atoms with Gasteiger partial charge in [-0.25, -0.2) is 0 Å². The molecule has 0 heterocycles. The van der Waals surface area contributed by atoms with E-state index in [0.29, 0.717) is 0 Å². The van der Waals surface area contributed by atoms with Gasteiger partial charge in [-0.2, -0.15) is 0 Å². The predicted octanol–water partition coefficient (Wildman–Crippen LogP) is 3.95. The third kappa shape index (κ3) is 1.40. The van der Waals surface area contributed by atoms with Gasteiger partial charge in [0, 0.05) is 22.6 Å². The summed E-state index contributed by atoms with van der Waals surface area (Å²) in [6.07, 6.45) is 0. The van der Waals surface area contributed by atoms with Crippen LogP contribution in [0.3, 0.4) is 0 Å². The fourth-order valence-corrected chi connectivity index (χ4v) is 2.14. The lowest BCUT2D eigenvalue weighted by atomic mass is 10.0. The fourth-order valence-electron chi connectivity index (χ4n) is 1.69. The van der Waals surface area contributed by atoms with E-state index in [2.05, 4.69) is 58.5 Å². The van der Waals surface area contributed by atoms with E-state index >= 15 is 0 Å². The number of halogens is 1. The number of hydrogen-bond donors (Lipinski definition) is 1. The second-order valence-corrected chi connectivity index (χ2v) is 4.18. The first-order valence-corrected chi connectivity index (χ1v) is 5.39. The van der Waals surface area contributed by atoms with Crippen LogP contribution in [0.1, 0.15) is 5.56 Å². The topological polar surface area (TPSA) is 12.0 Å². The Hall–Kier alpha value is -1.02. The Morgan fingerprint density at radius 1 is 1.14 bits per heavy atom. The van der Waals surface area contributed by atoms with Crippen molar-refractivity contribution in [2.75, 3.05) is 12.4 Å². The van der Waals surface area contributed by atoms with E-state index in [4.69, 9.17) is 0 Å². The summed E-state index contributed by atoms with van der Waals surface area (Å²) in [6.45, 7) is 2.13. The normalized spacial score (nSPS) is 10.5. The first-order chi connectivity index (χ1) is 6.74. The van der Waals surface area contributed by atoms with Gasteiger partial charge in [0.05, 0.1) is 0 Å². The van der Waals surface area contributed by atoms with Crippen LogP contribution < -0.4 is 5.32 Å². The first-order valence-electron chi connectivity index (χ1n) is 4.59. The van der Waals surface area contributed by atoms with Gasteiger partial charge in [-0.3, -0.25) is 0 Å². The molecule has 0 saturated carbocycles. The highest BCUT2D eigenvalue weighted by Gasteiger charge is 2.05. The molecule has 0 spiro atoms. The van der Waals surface area contributed by atoms with E-state index in [1.165, 1.54) is 16.3 Å².